The Morgan fingerprint density at radius 2 is 2.17 bits per heavy atom. The molecule has 0 saturated carbocycles. The van der Waals surface area contributed by atoms with Gasteiger partial charge in [0.2, 0.25) is 5.91 Å². The number of likely N-dealkylation sites (N-methyl/N-ethyl adjacent to an activating group) is 1. The minimum absolute atomic E-state index is 0. The van der Waals surface area contributed by atoms with Crippen LogP contribution in [0.4, 0.5) is 0 Å². The topological polar surface area (TPSA) is 41.6 Å². The summed E-state index contributed by atoms with van der Waals surface area (Å²) < 4.78 is 5.39. The average molecular weight is 341 g/mol. The average Bonchev–Trinajstić information content (AvgIpc) is 2.55. The number of likely N-dealkylation sites (tertiary alicyclic amines) is 1. The van der Waals surface area contributed by atoms with Crippen molar-refractivity contribution >= 4 is 18.3 Å². The number of hydrogen-bond acceptors (Lipinski definition) is 3. The van der Waals surface area contributed by atoms with Gasteiger partial charge in [-0.1, -0.05) is 25.1 Å². The van der Waals surface area contributed by atoms with Gasteiger partial charge in [-0.2, -0.15) is 0 Å². The van der Waals surface area contributed by atoms with E-state index in [1.54, 1.807) is 7.11 Å². The van der Waals surface area contributed by atoms with Crippen LogP contribution in [0.1, 0.15) is 31.7 Å². The highest BCUT2D eigenvalue weighted by Gasteiger charge is 2.23. The molecular formula is C18H29ClN2O2. The Bertz CT molecular complexity index is 496. The Labute approximate surface area is 146 Å². The van der Waals surface area contributed by atoms with Crippen molar-refractivity contribution in [3.8, 4) is 5.75 Å². The Morgan fingerprint density at radius 1 is 1.43 bits per heavy atom. The van der Waals surface area contributed by atoms with Crippen molar-refractivity contribution in [1.82, 2.24) is 10.2 Å². The monoisotopic (exact) mass is 340 g/mol. The summed E-state index contributed by atoms with van der Waals surface area (Å²) >= 11 is 0. The van der Waals surface area contributed by atoms with Crippen LogP contribution in [0.2, 0.25) is 0 Å². The largest absolute Gasteiger partial charge is 0.496 e. The van der Waals surface area contributed by atoms with Crippen molar-refractivity contribution < 1.29 is 9.53 Å². The standard InChI is InChI=1S/C18H28N2O2.ClH/c1-14(11-15-7-4-5-9-17(15)22-3)12-18(21)20-10-6-8-16(13-20)19-2;/h4-5,7,9,14,16,19H,6,8,10-13H2,1-3H3;1H. The minimum atomic E-state index is 0. The summed E-state index contributed by atoms with van der Waals surface area (Å²) in [6.07, 6.45) is 3.74. The number of carbonyl (C=O) groups is 1. The number of methoxy groups -OCH3 is 1. The van der Waals surface area contributed by atoms with Gasteiger partial charge in [0.1, 0.15) is 5.75 Å². The second-order valence-electron chi connectivity index (χ2n) is 6.29. The van der Waals surface area contributed by atoms with Crippen LogP contribution in [0, 0.1) is 5.92 Å². The highest BCUT2D eigenvalue weighted by Crippen LogP contribution is 2.23. The number of halogens is 1. The summed E-state index contributed by atoms with van der Waals surface area (Å²) in [5, 5.41) is 3.29. The van der Waals surface area contributed by atoms with Gasteiger partial charge in [-0.15, -0.1) is 12.4 Å². The van der Waals surface area contributed by atoms with Crippen LogP contribution in [0.25, 0.3) is 0 Å². The first-order chi connectivity index (χ1) is 10.6. The van der Waals surface area contributed by atoms with Gasteiger partial charge in [0.25, 0.3) is 0 Å². The zero-order valence-electron chi connectivity index (χ0n) is 14.4. The molecule has 0 spiro atoms. The third-order valence-electron chi connectivity index (χ3n) is 4.47. The lowest BCUT2D eigenvalue weighted by Crippen LogP contribution is -2.47. The summed E-state index contributed by atoms with van der Waals surface area (Å²) in [7, 11) is 3.67. The van der Waals surface area contributed by atoms with Gasteiger partial charge in [0.15, 0.2) is 0 Å². The Balaban J connectivity index is 0.00000264. The maximum atomic E-state index is 12.5. The fourth-order valence-electron chi connectivity index (χ4n) is 3.19. The molecule has 1 aromatic carbocycles. The number of amides is 1. The van der Waals surface area contributed by atoms with Gasteiger partial charge in [0.05, 0.1) is 7.11 Å². The highest BCUT2D eigenvalue weighted by atomic mass is 35.5. The summed E-state index contributed by atoms with van der Waals surface area (Å²) in [5.41, 5.74) is 1.18. The quantitative estimate of drug-likeness (QED) is 0.865. The van der Waals surface area contributed by atoms with Crippen molar-refractivity contribution in [2.24, 2.45) is 5.92 Å². The van der Waals surface area contributed by atoms with E-state index in [-0.39, 0.29) is 18.3 Å². The smallest absolute Gasteiger partial charge is 0.222 e. The van der Waals surface area contributed by atoms with Crippen LogP contribution >= 0.6 is 12.4 Å². The third kappa shape index (κ3) is 5.70. The molecule has 0 aliphatic carbocycles. The zero-order valence-corrected chi connectivity index (χ0v) is 15.2. The molecule has 1 fully saturated rings. The molecule has 1 heterocycles. The SMILES string of the molecule is CNC1CCCN(C(=O)CC(C)Cc2ccccc2OC)C1.Cl. The van der Waals surface area contributed by atoms with Crippen LogP contribution in [-0.2, 0) is 11.2 Å². The second kappa shape index (κ2) is 9.78. The van der Waals surface area contributed by atoms with E-state index in [1.807, 2.05) is 30.1 Å². The van der Waals surface area contributed by atoms with Gasteiger partial charge in [-0.25, -0.2) is 0 Å². The maximum Gasteiger partial charge on any atom is 0.222 e. The molecule has 2 rings (SSSR count). The molecule has 1 N–H and O–H groups in total. The molecule has 130 valence electrons. The number of ether oxygens (including phenoxy) is 1. The fourth-order valence-corrected chi connectivity index (χ4v) is 3.19. The van der Waals surface area contributed by atoms with Crippen molar-refractivity contribution in [1.29, 1.82) is 0 Å². The first kappa shape index (κ1) is 19.8. The molecule has 2 atom stereocenters. The molecule has 1 aliphatic heterocycles. The number of hydrogen-bond donors (Lipinski definition) is 1. The number of rotatable bonds is 6. The van der Waals surface area contributed by atoms with E-state index in [0.29, 0.717) is 18.4 Å². The van der Waals surface area contributed by atoms with Crippen molar-refractivity contribution in [3.63, 3.8) is 0 Å². The highest BCUT2D eigenvalue weighted by molar-refractivity contribution is 5.85. The van der Waals surface area contributed by atoms with Crippen molar-refractivity contribution in [2.45, 2.75) is 38.6 Å². The Kier molecular flexibility index (Phi) is 8.42. The number of para-hydroxylation sites is 1. The molecule has 1 aliphatic rings. The maximum absolute atomic E-state index is 12.5. The van der Waals surface area contributed by atoms with E-state index in [0.717, 1.165) is 38.1 Å². The molecule has 4 nitrogen and oxygen atoms in total. The molecule has 1 amide bonds. The van der Waals surface area contributed by atoms with Crippen LogP contribution in [0.5, 0.6) is 5.75 Å². The summed E-state index contributed by atoms with van der Waals surface area (Å²) in [6, 6.07) is 8.50. The number of piperidine rings is 1. The lowest BCUT2D eigenvalue weighted by molar-refractivity contribution is -0.133. The predicted molar refractivity (Wildman–Crippen MR) is 96.4 cm³/mol. The van der Waals surface area contributed by atoms with Gasteiger partial charge in [0, 0.05) is 25.6 Å². The minimum Gasteiger partial charge on any atom is -0.496 e. The summed E-state index contributed by atoms with van der Waals surface area (Å²) in [6.45, 7) is 3.89. The second-order valence-corrected chi connectivity index (χ2v) is 6.29. The van der Waals surface area contributed by atoms with Crippen LogP contribution in [0.3, 0.4) is 0 Å². The molecule has 1 saturated heterocycles. The Morgan fingerprint density at radius 3 is 2.87 bits per heavy atom. The summed E-state index contributed by atoms with van der Waals surface area (Å²) in [5.74, 6) is 1.51. The fraction of sp³-hybridized carbons (Fsp3) is 0.611. The number of nitrogens with zero attached hydrogens (tertiary/aromatic N) is 1. The first-order valence-electron chi connectivity index (χ1n) is 8.21. The summed E-state index contributed by atoms with van der Waals surface area (Å²) in [4.78, 5) is 14.5. The molecule has 5 heteroatoms. The first-order valence-corrected chi connectivity index (χ1v) is 8.21. The van der Waals surface area contributed by atoms with Crippen molar-refractivity contribution in [3.05, 3.63) is 29.8 Å². The number of benzene rings is 1. The van der Waals surface area contributed by atoms with E-state index in [4.69, 9.17) is 4.74 Å². The molecule has 2 unspecified atom stereocenters. The van der Waals surface area contributed by atoms with Gasteiger partial charge >= 0.3 is 0 Å². The number of nitrogens with one attached hydrogen (secondary N) is 1. The molecule has 23 heavy (non-hydrogen) atoms. The van der Waals surface area contributed by atoms with Crippen LogP contribution < -0.4 is 10.1 Å². The van der Waals surface area contributed by atoms with Crippen LogP contribution in [0.15, 0.2) is 24.3 Å². The van der Waals surface area contributed by atoms with Gasteiger partial charge in [-0.05, 0) is 43.9 Å². The predicted octanol–water partition coefficient (Wildman–Crippen LogP) is 2.90. The lowest BCUT2D eigenvalue weighted by Gasteiger charge is -2.33. The molecule has 0 radical (unpaired) electrons. The van der Waals surface area contributed by atoms with E-state index in [9.17, 15) is 4.79 Å². The molecule has 0 bridgehead atoms. The van der Waals surface area contributed by atoms with E-state index < -0.39 is 0 Å². The lowest BCUT2D eigenvalue weighted by atomic mass is 9.96. The normalized spacial score (nSPS) is 18.9. The van der Waals surface area contributed by atoms with Gasteiger partial charge < -0.3 is 15.0 Å². The zero-order chi connectivity index (χ0) is 15.9. The third-order valence-corrected chi connectivity index (χ3v) is 4.47. The number of carbonyl (C=O) groups excluding carboxylic acids is 1. The molecular weight excluding hydrogens is 312 g/mol. The van der Waals surface area contributed by atoms with Gasteiger partial charge in [-0.3, -0.25) is 4.79 Å². The molecule has 1 aromatic rings. The van der Waals surface area contributed by atoms with Crippen LogP contribution in [-0.4, -0.2) is 44.1 Å². The molecule has 0 aromatic heterocycles. The van der Waals surface area contributed by atoms with E-state index in [1.165, 1.54) is 5.56 Å². The van der Waals surface area contributed by atoms with Crippen molar-refractivity contribution in [2.75, 3.05) is 27.2 Å². The van der Waals surface area contributed by atoms with E-state index in [2.05, 4.69) is 18.3 Å². The van der Waals surface area contributed by atoms with E-state index >= 15 is 0 Å². The Hall–Kier alpha value is -1.26.